The van der Waals surface area contributed by atoms with Crippen molar-refractivity contribution in [2.24, 2.45) is 5.92 Å². The molecule has 15 heavy (non-hydrogen) atoms. The first-order valence-electron chi connectivity index (χ1n) is 5.77. The first kappa shape index (κ1) is 12.5. The van der Waals surface area contributed by atoms with Crippen LogP contribution in [0.15, 0.2) is 0 Å². The Morgan fingerprint density at radius 2 is 2.40 bits per heavy atom. The summed E-state index contributed by atoms with van der Waals surface area (Å²) in [6.07, 6.45) is 2.07. The molecular weight excluding hydrogens is 194 g/mol. The zero-order chi connectivity index (χ0) is 11.1. The Morgan fingerprint density at radius 1 is 1.60 bits per heavy atom. The maximum Gasteiger partial charge on any atom is 0.323 e. The van der Waals surface area contributed by atoms with E-state index in [1.165, 1.54) is 0 Å². The summed E-state index contributed by atoms with van der Waals surface area (Å²) >= 11 is 0. The van der Waals surface area contributed by atoms with Gasteiger partial charge in [0.25, 0.3) is 0 Å². The highest BCUT2D eigenvalue weighted by Gasteiger charge is 2.30. The fraction of sp³-hybridized carbons (Fsp3) is 0.909. The zero-order valence-corrected chi connectivity index (χ0v) is 9.62. The van der Waals surface area contributed by atoms with Crippen molar-refractivity contribution in [3.8, 4) is 0 Å². The molecule has 2 unspecified atom stereocenters. The minimum Gasteiger partial charge on any atom is -0.465 e. The average Bonchev–Trinajstić information content (AvgIpc) is 2.27. The Morgan fingerprint density at radius 3 is 2.93 bits per heavy atom. The molecule has 1 aliphatic rings. The monoisotopic (exact) mass is 215 g/mol. The van der Waals surface area contributed by atoms with Gasteiger partial charge in [0, 0.05) is 12.5 Å². The van der Waals surface area contributed by atoms with Gasteiger partial charge in [-0.3, -0.25) is 4.79 Å². The maximum atomic E-state index is 11.7. The van der Waals surface area contributed by atoms with E-state index in [9.17, 15) is 4.79 Å². The Kier molecular flexibility index (Phi) is 5.65. The van der Waals surface area contributed by atoms with Crippen LogP contribution in [-0.4, -0.2) is 38.4 Å². The lowest BCUT2D eigenvalue weighted by molar-refractivity contribution is -0.148. The predicted octanol–water partition coefficient (Wildman–Crippen LogP) is 0.954. The van der Waals surface area contributed by atoms with Gasteiger partial charge in [0.2, 0.25) is 0 Å². The van der Waals surface area contributed by atoms with Gasteiger partial charge in [-0.15, -0.1) is 0 Å². The van der Waals surface area contributed by atoms with Gasteiger partial charge in [-0.1, -0.05) is 6.92 Å². The third-order valence-electron chi connectivity index (χ3n) is 2.63. The van der Waals surface area contributed by atoms with Crippen LogP contribution in [0.2, 0.25) is 0 Å². The Hall–Kier alpha value is -0.610. The molecule has 88 valence electrons. The van der Waals surface area contributed by atoms with Crippen LogP contribution in [0, 0.1) is 5.92 Å². The average molecular weight is 215 g/mol. The summed E-state index contributed by atoms with van der Waals surface area (Å²) in [6.45, 7) is 6.52. The molecule has 0 amide bonds. The van der Waals surface area contributed by atoms with E-state index in [-0.39, 0.29) is 17.9 Å². The molecule has 1 N–H and O–H groups in total. The summed E-state index contributed by atoms with van der Waals surface area (Å²) in [4.78, 5) is 11.7. The normalized spacial score (nSPS) is 23.5. The molecule has 0 aromatic carbocycles. The van der Waals surface area contributed by atoms with Gasteiger partial charge in [0.1, 0.15) is 6.04 Å². The van der Waals surface area contributed by atoms with Gasteiger partial charge < -0.3 is 14.8 Å². The number of rotatable bonds is 5. The highest BCUT2D eigenvalue weighted by atomic mass is 16.5. The second-order valence-electron chi connectivity index (χ2n) is 3.76. The largest absolute Gasteiger partial charge is 0.465 e. The zero-order valence-electron chi connectivity index (χ0n) is 9.62. The fourth-order valence-electron chi connectivity index (χ4n) is 1.92. The number of nitrogens with one attached hydrogen (secondary N) is 1. The van der Waals surface area contributed by atoms with Crippen LogP contribution in [-0.2, 0) is 14.3 Å². The summed E-state index contributed by atoms with van der Waals surface area (Å²) in [5.74, 6) is 0.118. The summed E-state index contributed by atoms with van der Waals surface area (Å²) < 4.78 is 10.4. The summed E-state index contributed by atoms with van der Waals surface area (Å²) in [5.41, 5.74) is 0. The smallest absolute Gasteiger partial charge is 0.323 e. The Balaban J connectivity index is 2.50. The predicted molar refractivity (Wildman–Crippen MR) is 57.6 cm³/mol. The van der Waals surface area contributed by atoms with E-state index in [1.807, 2.05) is 13.8 Å². The van der Waals surface area contributed by atoms with Gasteiger partial charge in [0.15, 0.2) is 0 Å². The number of carbonyl (C=O) groups is 1. The molecule has 0 bridgehead atoms. The van der Waals surface area contributed by atoms with E-state index >= 15 is 0 Å². The van der Waals surface area contributed by atoms with Crippen LogP contribution in [0.1, 0.15) is 26.7 Å². The van der Waals surface area contributed by atoms with E-state index in [0.717, 1.165) is 26.0 Å². The van der Waals surface area contributed by atoms with Gasteiger partial charge in [-0.25, -0.2) is 0 Å². The highest BCUT2D eigenvalue weighted by molar-refractivity contribution is 5.76. The van der Waals surface area contributed by atoms with Crippen molar-refractivity contribution in [1.29, 1.82) is 0 Å². The topological polar surface area (TPSA) is 47.6 Å². The van der Waals surface area contributed by atoms with Crippen LogP contribution in [0.4, 0.5) is 0 Å². The van der Waals surface area contributed by atoms with Crippen LogP contribution < -0.4 is 5.32 Å². The van der Waals surface area contributed by atoms with Gasteiger partial charge in [-0.2, -0.15) is 0 Å². The molecule has 2 atom stereocenters. The molecule has 1 fully saturated rings. The molecule has 1 heterocycles. The summed E-state index contributed by atoms with van der Waals surface area (Å²) in [5, 5.41) is 3.18. The van der Waals surface area contributed by atoms with E-state index < -0.39 is 0 Å². The van der Waals surface area contributed by atoms with Crippen molar-refractivity contribution < 1.29 is 14.3 Å². The van der Waals surface area contributed by atoms with Crippen LogP contribution in [0.25, 0.3) is 0 Å². The Bertz CT molecular complexity index is 190. The van der Waals surface area contributed by atoms with Crippen molar-refractivity contribution >= 4 is 5.97 Å². The van der Waals surface area contributed by atoms with E-state index in [4.69, 9.17) is 9.47 Å². The SMILES string of the molecule is CCNC(C(=O)OCC)C1CCCOC1. The molecule has 4 nitrogen and oxygen atoms in total. The van der Waals surface area contributed by atoms with E-state index in [1.54, 1.807) is 0 Å². The van der Waals surface area contributed by atoms with Crippen molar-refractivity contribution in [3.05, 3.63) is 0 Å². The lowest BCUT2D eigenvalue weighted by atomic mass is 9.93. The highest BCUT2D eigenvalue weighted by Crippen LogP contribution is 2.18. The number of hydrogen-bond donors (Lipinski definition) is 1. The number of hydrogen-bond acceptors (Lipinski definition) is 4. The molecule has 0 radical (unpaired) electrons. The van der Waals surface area contributed by atoms with Crippen molar-refractivity contribution in [2.75, 3.05) is 26.4 Å². The van der Waals surface area contributed by atoms with Gasteiger partial charge >= 0.3 is 5.97 Å². The third-order valence-corrected chi connectivity index (χ3v) is 2.63. The molecular formula is C11H21NO3. The number of carbonyl (C=O) groups excluding carboxylic acids is 1. The molecule has 0 aromatic rings. The lowest BCUT2D eigenvalue weighted by Crippen LogP contribution is -2.46. The van der Waals surface area contributed by atoms with E-state index in [0.29, 0.717) is 13.2 Å². The molecule has 0 spiro atoms. The fourth-order valence-corrected chi connectivity index (χ4v) is 1.92. The van der Waals surface area contributed by atoms with Crippen LogP contribution in [0.3, 0.4) is 0 Å². The number of ether oxygens (including phenoxy) is 2. The molecule has 1 aliphatic heterocycles. The first-order valence-corrected chi connectivity index (χ1v) is 5.77. The second-order valence-corrected chi connectivity index (χ2v) is 3.76. The maximum absolute atomic E-state index is 11.7. The molecule has 4 heteroatoms. The van der Waals surface area contributed by atoms with Crippen molar-refractivity contribution in [1.82, 2.24) is 5.32 Å². The lowest BCUT2D eigenvalue weighted by Gasteiger charge is -2.29. The molecule has 0 aromatic heterocycles. The van der Waals surface area contributed by atoms with E-state index in [2.05, 4.69) is 5.32 Å². The minimum atomic E-state index is -0.199. The van der Waals surface area contributed by atoms with Crippen molar-refractivity contribution in [2.45, 2.75) is 32.7 Å². The molecule has 1 saturated heterocycles. The van der Waals surface area contributed by atoms with Gasteiger partial charge in [0.05, 0.1) is 13.2 Å². The molecule has 0 saturated carbocycles. The standard InChI is InChI=1S/C11H21NO3/c1-3-12-10(11(13)15-4-2)9-6-5-7-14-8-9/h9-10,12H,3-8H2,1-2H3. The quantitative estimate of drug-likeness (QED) is 0.694. The summed E-state index contributed by atoms with van der Waals surface area (Å²) in [6, 6.07) is -0.199. The second kappa shape index (κ2) is 6.80. The molecule has 0 aliphatic carbocycles. The van der Waals surface area contributed by atoms with Crippen LogP contribution in [0.5, 0.6) is 0 Å². The van der Waals surface area contributed by atoms with Crippen molar-refractivity contribution in [3.63, 3.8) is 0 Å². The molecule has 1 rings (SSSR count). The minimum absolute atomic E-state index is 0.144. The number of likely N-dealkylation sites (N-methyl/N-ethyl adjacent to an activating group) is 1. The summed E-state index contributed by atoms with van der Waals surface area (Å²) in [7, 11) is 0. The third kappa shape index (κ3) is 3.80. The first-order chi connectivity index (χ1) is 7.29. The van der Waals surface area contributed by atoms with Crippen LogP contribution >= 0.6 is 0 Å². The van der Waals surface area contributed by atoms with Gasteiger partial charge in [-0.05, 0) is 26.3 Å². The number of esters is 1. The Labute approximate surface area is 91.3 Å².